The van der Waals surface area contributed by atoms with Crippen LogP contribution in [0.1, 0.15) is 134 Å². The van der Waals surface area contributed by atoms with Crippen molar-refractivity contribution in [3.8, 4) is 0 Å². The highest BCUT2D eigenvalue weighted by molar-refractivity contribution is 6.30. The van der Waals surface area contributed by atoms with Crippen molar-refractivity contribution in [2.45, 2.75) is 195 Å². The first kappa shape index (κ1) is 73.3. The summed E-state index contributed by atoms with van der Waals surface area (Å²) < 4.78 is 5.86. The number of hydrogen-bond donors (Lipinski definition) is 2. The second-order valence-corrected chi connectivity index (χ2v) is 25.3. The summed E-state index contributed by atoms with van der Waals surface area (Å²) >= 11 is 6.22. The Kier molecular flexibility index (Phi) is 29.1. The van der Waals surface area contributed by atoms with Gasteiger partial charge < -0.3 is 49.7 Å². The molecule has 1 aromatic rings. The number of halogens is 1. The van der Waals surface area contributed by atoms with Crippen LogP contribution >= 0.6 is 11.6 Å². The van der Waals surface area contributed by atoms with Crippen LogP contribution in [0.15, 0.2) is 24.3 Å². The molecule has 2 N–H and O–H groups in total. The summed E-state index contributed by atoms with van der Waals surface area (Å²) in [5.74, 6) is -6.90. The minimum atomic E-state index is -1.21. The van der Waals surface area contributed by atoms with Crippen molar-refractivity contribution in [2.24, 2.45) is 29.6 Å². The van der Waals surface area contributed by atoms with E-state index in [1.54, 1.807) is 71.1 Å². The first-order valence-electron chi connectivity index (χ1n) is 29.5. The zero-order valence-corrected chi connectivity index (χ0v) is 54.8. The van der Waals surface area contributed by atoms with E-state index in [-0.39, 0.29) is 56.4 Å². The van der Waals surface area contributed by atoms with Gasteiger partial charge in [0.05, 0.1) is 0 Å². The average Bonchev–Trinajstić information content (AvgIpc) is 3.50. The normalized spacial score (nSPS) is 22.7. The molecular weight excluding hydrogens is 1080 g/mol. The van der Waals surface area contributed by atoms with Crippen molar-refractivity contribution in [2.75, 3.05) is 70.0 Å². The van der Waals surface area contributed by atoms with E-state index in [2.05, 4.69) is 10.6 Å². The lowest BCUT2D eigenvalue weighted by atomic mass is 9.95. The van der Waals surface area contributed by atoms with Gasteiger partial charge in [-0.2, -0.15) is 0 Å². The fraction of sp³-hybridized carbons (Fsp3) is 0.738. The number of hydrogen-bond acceptors (Lipinski definition) is 12. The Bertz CT molecular complexity index is 2380. The van der Waals surface area contributed by atoms with E-state index in [0.717, 1.165) is 0 Å². The summed E-state index contributed by atoms with van der Waals surface area (Å²) in [6, 6.07) is -2.75. The first-order valence-corrected chi connectivity index (χ1v) is 29.9. The maximum absolute atomic E-state index is 15.2. The van der Waals surface area contributed by atoms with Gasteiger partial charge in [0.25, 0.3) is 5.91 Å². The molecule has 83 heavy (non-hydrogen) atoms. The predicted molar refractivity (Wildman–Crippen MR) is 322 cm³/mol. The number of likely N-dealkylation sites (N-methyl/N-ethyl adjacent to an activating group) is 8. The lowest BCUT2D eigenvalue weighted by molar-refractivity contribution is -0.169. The number of rotatable bonds is 19. The molecule has 0 saturated carbocycles. The largest absolute Gasteiger partial charge is 0.451 e. The van der Waals surface area contributed by atoms with Crippen molar-refractivity contribution >= 4 is 70.7 Å². The van der Waals surface area contributed by atoms with Crippen molar-refractivity contribution in [3.05, 3.63) is 34.9 Å². The van der Waals surface area contributed by atoms with Crippen molar-refractivity contribution in [1.82, 2.24) is 49.8 Å². The predicted octanol–water partition coefficient (Wildman–Crippen LogP) is 4.81. The van der Waals surface area contributed by atoms with Crippen molar-refractivity contribution in [3.63, 3.8) is 0 Å². The fourth-order valence-corrected chi connectivity index (χ4v) is 10.8. The van der Waals surface area contributed by atoms with Gasteiger partial charge in [-0.05, 0) is 114 Å². The molecule has 470 valence electrons. The number of carbonyl (C=O) groups is 10. The maximum atomic E-state index is 15.2. The third-order valence-corrected chi connectivity index (χ3v) is 16.6. The topological polar surface area (TPSA) is 230 Å². The third kappa shape index (κ3) is 19.9. The molecule has 0 spiro atoms. The van der Waals surface area contributed by atoms with E-state index in [4.69, 9.17) is 16.3 Å². The van der Waals surface area contributed by atoms with Gasteiger partial charge in [-0.15, -0.1) is 0 Å². The highest BCUT2D eigenvalue weighted by Crippen LogP contribution is 2.24. The molecule has 1 fully saturated rings. The lowest BCUT2D eigenvalue weighted by Gasteiger charge is -2.40. The van der Waals surface area contributed by atoms with E-state index in [0.29, 0.717) is 23.4 Å². The van der Waals surface area contributed by atoms with E-state index in [9.17, 15) is 38.4 Å². The molecule has 1 aliphatic rings. The van der Waals surface area contributed by atoms with Crippen LogP contribution < -0.4 is 10.6 Å². The monoisotopic (exact) mass is 1190 g/mol. The van der Waals surface area contributed by atoms with Crippen molar-refractivity contribution < 1.29 is 52.7 Å². The average molecular weight is 1190 g/mol. The zero-order chi connectivity index (χ0) is 63.8. The molecule has 0 aromatic heterocycles. The summed E-state index contributed by atoms with van der Waals surface area (Å²) in [5.41, 5.74) is 0.715. The van der Waals surface area contributed by atoms with Crippen LogP contribution in [0, 0.1) is 29.6 Å². The number of amides is 9. The van der Waals surface area contributed by atoms with Gasteiger partial charge in [-0.3, -0.25) is 52.8 Å². The first-order chi connectivity index (χ1) is 38.4. The van der Waals surface area contributed by atoms with Gasteiger partial charge in [-0.1, -0.05) is 99.4 Å². The fourth-order valence-electron chi connectivity index (χ4n) is 10.7. The van der Waals surface area contributed by atoms with E-state index >= 15 is 9.59 Å². The third-order valence-electron chi connectivity index (χ3n) is 16.3. The number of carbonyl (C=O) groups excluding carboxylic acids is 10. The number of ether oxygens (including phenoxy) is 1. The SMILES string of the molecule is CC[C@H](C)[C@H]1C(=O)N[C@@H](C)C(=O)N(C)[C@@H](CC(C)C)C(=O)N[C@@H](Cc2ccc(Cl)cc2)C(=O)N(C)CCCC[C@H](N(C)C(=O)[C@H](CC(C)C)N(C)C(=O)[C@H](C)N(C)C(=O)[C@H](OC(=O)[C@H](C(C)C)N(C)C)C(C)C)C(=O)N(C)[C@@H](C)C(=O)N1C. The van der Waals surface area contributed by atoms with Crippen LogP contribution in [0.25, 0.3) is 0 Å². The molecule has 1 aromatic carbocycles. The van der Waals surface area contributed by atoms with E-state index < -0.39 is 131 Å². The number of benzene rings is 1. The molecule has 0 radical (unpaired) electrons. The molecule has 22 heteroatoms. The van der Waals surface area contributed by atoms with Gasteiger partial charge in [-0.25, -0.2) is 0 Å². The van der Waals surface area contributed by atoms with Crippen LogP contribution in [-0.4, -0.2) is 229 Å². The Hall–Kier alpha value is -5.83. The summed E-state index contributed by atoms with van der Waals surface area (Å²) in [5, 5.41) is 6.24. The molecule has 9 amide bonds. The molecular formula is C61H103ClN10O11. The molecule has 0 aliphatic carbocycles. The van der Waals surface area contributed by atoms with Gasteiger partial charge in [0.2, 0.25) is 47.3 Å². The van der Waals surface area contributed by atoms with Crippen molar-refractivity contribution in [1.29, 1.82) is 0 Å². The number of esters is 1. The molecule has 11 atom stereocenters. The highest BCUT2D eigenvalue weighted by Gasteiger charge is 2.43. The number of nitrogens with zero attached hydrogens (tertiary/aromatic N) is 8. The molecule has 1 heterocycles. The van der Waals surface area contributed by atoms with E-state index in [1.807, 2.05) is 48.5 Å². The Morgan fingerprint density at radius 1 is 0.675 bits per heavy atom. The van der Waals surface area contributed by atoms with Gasteiger partial charge in [0.1, 0.15) is 54.4 Å². The van der Waals surface area contributed by atoms with Gasteiger partial charge >= 0.3 is 5.97 Å². The lowest BCUT2D eigenvalue weighted by Crippen LogP contribution is -2.61. The van der Waals surface area contributed by atoms with Crippen LogP contribution in [0.5, 0.6) is 0 Å². The second kappa shape index (κ2) is 33.0. The minimum absolute atomic E-state index is 0.0582. The molecule has 0 bridgehead atoms. The smallest absolute Gasteiger partial charge is 0.324 e. The quantitative estimate of drug-likeness (QED) is 0.178. The molecule has 1 aliphatic heterocycles. The summed E-state index contributed by atoms with van der Waals surface area (Å²) in [6.07, 6.45) is 0.416. The van der Waals surface area contributed by atoms with E-state index in [1.165, 1.54) is 97.4 Å². The molecule has 21 nitrogen and oxygen atoms in total. The van der Waals surface area contributed by atoms with Gasteiger partial charge in [0, 0.05) is 67.3 Å². The Morgan fingerprint density at radius 2 is 1.25 bits per heavy atom. The van der Waals surface area contributed by atoms with Gasteiger partial charge in [0.15, 0.2) is 6.10 Å². The van der Waals surface area contributed by atoms with Crippen LogP contribution in [0.2, 0.25) is 5.02 Å². The Balaban J connectivity index is 2.76. The molecule has 1 saturated heterocycles. The molecule has 2 rings (SSSR count). The second-order valence-electron chi connectivity index (χ2n) is 24.8. The number of nitrogens with one attached hydrogen (secondary N) is 2. The standard InChI is InChI=1S/C61H103ClN10O11/c1-23-39(10)50-53(74)63-40(11)54(75)70(20)47(32-35(2)3)52(73)64-45(34-43-27-29-44(62)30-28-43)57(78)66(16)31-25-24-26-46(58(79)67(17)42(13)56(77)72(50)22)69(19)59(80)48(33-36(4)5)71(21)55(76)41(12)68(18)60(81)51(38(8)9)83-61(82)49(37(6)7)65(14)15/h27-30,35-42,45-51H,23-26,31-34H2,1-22H3,(H,63,74)(H,64,73)/t39-,40-,41-,42-,45-,46-,47-,48-,49-,50-,51+/m0/s1. The van der Waals surface area contributed by atoms with Crippen LogP contribution in [-0.2, 0) is 59.1 Å². The summed E-state index contributed by atoms with van der Waals surface area (Å²) in [7, 11) is 13.9. The highest BCUT2D eigenvalue weighted by atomic mass is 35.5. The summed E-state index contributed by atoms with van der Waals surface area (Å²) in [4.78, 5) is 156. The molecule has 0 unspecified atom stereocenters. The van der Waals surface area contributed by atoms with Crippen LogP contribution in [0.3, 0.4) is 0 Å². The minimum Gasteiger partial charge on any atom is -0.451 e. The maximum Gasteiger partial charge on any atom is 0.324 e. The Labute approximate surface area is 501 Å². The van der Waals surface area contributed by atoms with Crippen LogP contribution in [0.4, 0.5) is 0 Å². The Morgan fingerprint density at radius 3 is 1.76 bits per heavy atom. The summed E-state index contributed by atoms with van der Waals surface area (Å²) in [6.45, 7) is 23.2. The zero-order valence-electron chi connectivity index (χ0n) is 54.1.